The lowest BCUT2D eigenvalue weighted by Gasteiger charge is -2.30. The van der Waals surface area contributed by atoms with Gasteiger partial charge in [-0.3, -0.25) is 4.79 Å². The zero-order chi connectivity index (χ0) is 14.5. The van der Waals surface area contributed by atoms with E-state index >= 15 is 0 Å². The topological polar surface area (TPSA) is 20.3 Å². The number of carbonyl (C=O) groups is 1. The Hall–Kier alpha value is -0.830. The molecule has 3 heteroatoms. The summed E-state index contributed by atoms with van der Waals surface area (Å²) in [6.07, 6.45) is 3.36. The number of carbonyl (C=O) groups excluding carboxylic acids is 1. The molecule has 0 radical (unpaired) electrons. The molecule has 1 saturated carbocycles. The molecule has 1 aromatic carbocycles. The Morgan fingerprint density at radius 2 is 2.00 bits per heavy atom. The predicted octanol–water partition coefficient (Wildman–Crippen LogP) is 4.20. The molecule has 2 nitrogen and oxygen atoms in total. The van der Waals surface area contributed by atoms with Gasteiger partial charge < -0.3 is 4.90 Å². The average Bonchev–Trinajstić information content (AvgIpc) is 3.30. The first-order valence-corrected chi connectivity index (χ1v) is 8.72. The molecule has 0 N–H and O–H groups in total. The van der Waals surface area contributed by atoms with Gasteiger partial charge in [-0.05, 0) is 24.3 Å². The molecule has 0 saturated heterocycles. The molecule has 1 aliphatic carbocycles. The number of alkyl halides is 1. The van der Waals surface area contributed by atoms with Gasteiger partial charge in [0.15, 0.2) is 0 Å². The Bertz CT molecular complexity index is 430. The molecular formula is C17H24BrNO. The van der Waals surface area contributed by atoms with Crippen molar-refractivity contribution >= 4 is 21.8 Å². The summed E-state index contributed by atoms with van der Waals surface area (Å²) in [6, 6.07) is 10.7. The first-order valence-electron chi connectivity index (χ1n) is 7.60. The average molecular weight is 338 g/mol. The molecule has 110 valence electrons. The highest BCUT2D eigenvalue weighted by Crippen LogP contribution is 2.34. The normalized spacial score (nSPS) is 17.6. The van der Waals surface area contributed by atoms with Crippen LogP contribution in [0.25, 0.3) is 0 Å². The zero-order valence-corrected chi connectivity index (χ0v) is 14.0. The van der Waals surface area contributed by atoms with E-state index in [1.54, 1.807) is 0 Å². The number of hydrogen-bond donors (Lipinski definition) is 0. The van der Waals surface area contributed by atoms with Gasteiger partial charge in [-0.15, -0.1) is 0 Å². The van der Waals surface area contributed by atoms with E-state index in [1.165, 1.54) is 12.8 Å². The molecule has 2 atom stereocenters. The van der Waals surface area contributed by atoms with Crippen molar-refractivity contribution in [3.63, 3.8) is 0 Å². The molecular weight excluding hydrogens is 314 g/mol. The highest BCUT2D eigenvalue weighted by Gasteiger charge is 2.37. The van der Waals surface area contributed by atoms with E-state index < -0.39 is 0 Å². The van der Waals surface area contributed by atoms with Crippen LogP contribution in [0.15, 0.2) is 30.3 Å². The third-order valence-corrected chi connectivity index (χ3v) is 4.59. The van der Waals surface area contributed by atoms with Crippen LogP contribution in [0.3, 0.4) is 0 Å². The van der Waals surface area contributed by atoms with Crippen LogP contribution in [0, 0.1) is 5.92 Å². The molecule has 0 heterocycles. The quantitative estimate of drug-likeness (QED) is 0.682. The number of hydrogen-bond acceptors (Lipinski definition) is 1. The minimum atomic E-state index is 0.000787. The maximum atomic E-state index is 13.0. The standard InChI is InChI=1S/C17H24BrNO/c1-3-13(2)16(14-7-5-4-6-8-14)17(20)19(12-11-18)15-9-10-15/h4-8,13,15-16H,3,9-12H2,1-2H3. The summed E-state index contributed by atoms with van der Waals surface area (Å²) in [5.74, 6) is 0.690. The fourth-order valence-electron chi connectivity index (χ4n) is 2.74. The second-order valence-electron chi connectivity index (χ2n) is 5.73. The summed E-state index contributed by atoms with van der Waals surface area (Å²) in [5, 5.41) is 0.858. The van der Waals surface area contributed by atoms with Gasteiger partial charge in [-0.2, -0.15) is 0 Å². The SMILES string of the molecule is CCC(C)C(C(=O)N(CCBr)C1CC1)c1ccccc1. The summed E-state index contributed by atoms with van der Waals surface area (Å²) < 4.78 is 0. The minimum absolute atomic E-state index is 0.000787. The van der Waals surface area contributed by atoms with E-state index in [0.29, 0.717) is 17.9 Å². The number of benzene rings is 1. The molecule has 2 unspecified atom stereocenters. The van der Waals surface area contributed by atoms with Crippen LogP contribution in [0.5, 0.6) is 0 Å². The molecule has 1 aromatic rings. The van der Waals surface area contributed by atoms with Crippen molar-refractivity contribution in [2.45, 2.75) is 45.1 Å². The highest BCUT2D eigenvalue weighted by molar-refractivity contribution is 9.09. The van der Waals surface area contributed by atoms with E-state index in [0.717, 1.165) is 23.9 Å². The van der Waals surface area contributed by atoms with Gasteiger partial charge >= 0.3 is 0 Å². The molecule has 2 rings (SSSR count). The largest absolute Gasteiger partial charge is 0.338 e. The summed E-state index contributed by atoms with van der Waals surface area (Å²) in [4.78, 5) is 15.1. The molecule has 0 bridgehead atoms. The Labute approximate surface area is 130 Å². The third-order valence-electron chi connectivity index (χ3n) is 4.23. The molecule has 0 spiro atoms. The summed E-state index contributed by atoms with van der Waals surface area (Å²) in [7, 11) is 0. The Morgan fingerprint density at radius 3 is 2.50 bits per heavy atom. The van der Waals surface area contributed by atoms with E-state index in [9.17, 15) is 4.79 Å². The van der Waals surface area contributed by atoms with E-state index in [2.05, 4.69) is 46.8 Å². The molecule has 1 aliphatic rings. The monoisotopic (exact) mass is 337 g/mol. The molecule has 20 heavy (non-hydrogen) atoms. The van der Waals surface area contributed by atoms with Gasteiger partial charge in [0.2, 0.25) is 5.91 Å². The van der Waals surface area contributed by atoms with Gasteiger partial charge in [-0.25, -0.2) is 0 Å². The summed E-state index contributed by atoms with van der Waals surface area (Å²) in [6.45, 7) is 5.18. The Kier molecular flexibility index (Phi) is 5.64. The number of halogens is 1. The van der Waals surface area contributed by atoms with Crippen LogP contribution < -0.4 is 0 Å². The van der Waals surface area contributed by atoms with Gasteiger partial charge in [0.1, 0.15) is 0 Å². The van der Waals surface area contributed by atoms with Crippen molar-refractivity contribution in [2.75, 3.05) is 11.9 Å². The lowest BCUT2D eigenvalue weighted by Crippen LogP contribution is -2.40. The third kappa shape index (κ3) is 3.63. The maximum absolute atomic E-state index is 13.0. The minimum Gasteiger partial charge on any atom is -0.338 e. The lowest BCUT2D eigenvalue weighted by molar-refractivity contribution is -0.134. The van der Waals surface area contributed by atoms with Crippen molar-refractivity contribution in [3.8, 4) is 0 Å². The lowest BCUT2D eigenvalue weighted by atomic mass is 9.84. The molecule has 1 fully saturated rings. The van der Waals surface area contributed by atoms with Crippen molar-refractivity contribution < 1.29 is 4.79 Å². The van der Waals surface area contributed by atoms with Crippen molar-refractivity contribution in [3.05, 3.63) is 35.9 Å². The summed E-state index contributed by atoms with van der Waals surface area (Å²) >= 11 is 3.48. The van der Waals surface area contributed by atoms with Crippen molar-refractivity contribution in [1.82, 2.24) is 4.90 Å². The first kappa shape index (κ1) is 15.6. The first-order chi connectivity index (χ1) is 9.69. The van der Waals surface area contributed by atoms with Gasteiger partial charge in [0.05, 0.1) is 5.92 Å². The fraction of sp³-hybridized carbons (Fsp3) is 0.588. The van der Waals surface area contributed by atoms with Crippen LogP contribution in [-0.2, 0) is 4.79 Å². The smallest absolute Gasteiger partial charge is 0.230 e. The van der Waals surface area contributed by atoms with Crippen LogP contribution in [0.1, 0.15) is 44.6 Å². The van der Waals surface area contributed by atoms with Crippen LogP contribution in [0.2, 0.25) is 0 Å². The Balaban J connectivity index is 2.23. The highest BCUT2D eigenvalue weighted by atomic mass is 79.9. The molecule has 0 aromatic heterocycles. The number of rotatable bonds is 7. The second kappa shape index (κ2) is 7.26. The maximum Gasteiger partial charge on any atom is 0.230 e. The van der Waals surface area contributed by atoms with Crippen LogP contribution in [-0.4, -0.2) is 28.7 Å². The molecule has 1 amide bonds. The van der Waals surface area contributed by atoms with Crippen molar-refractivity contribution in [2.24, 2.45) is 5.92 Å². The van der Waals surface area contributed by atoms with E-state index in [-0.39, 0.29) is 5.92 Å². The van der Waals surface area contributed by atoms with Crippen LogP contribution >= 0.6 is 15.9 Å². The Morgan fingerprint density at radius 1 is 1.35 bits per heavy atom. The van der Waals surface area contributed by atoms with Gasteiger partial charge in [0.25, 0.3) is 0 Å². The van der Waals surface area contributed by atoms with Gasteiger partial charge in [0, 0.05) is 17.9 Å². The predicted molar refractivity (Wildman–Crippen MR) is 87.2 cm³/mol. The molecule has 0 aliphatic heterocycles. The van der Waals surface area contributed by atoms with Crippen LogP contribution in [0.4, 0.5) is 0 Å². The number of amides is 1. The second-order valence-corrected chi connectivity index (χ2v) is 6.52. The summed E-state index contributed by atoms with van der Waals surface area (Å²) in [5.41, 5.74) is 1.16. The van der Waals surface area contributed by atoms with Crippen molar-refractivity contribution in [1.29, 1.82) is 0 Å². The zero-order valence-electron chi connectivity index (χ0n) is 12.4. The number of nitrogens with zero attached hydrogens (tertiary/aromatic N) is 1. The van der Waals surface area contributed by atoms with E-state index in [1.807, 2.05) is 18.2 Å². The van der Waals surface area contributed by atoms with Gasteiger partial charge in [-0.1, -0.05) is 66.5 Å². The van der Waals surface area contributed by atoms with E-state index in [4.69, 9.17) is 0 Å². The fourth-order valence-corrected chi connectivity index (χ4v) is 3.12.